The third-order valence-electron chi connectivity index (χ3n) is 4.90. The summed E-state index contributed by atoms with van der Waals surface area (Å²) in [4.78, 5) is 40.5. The number of nitrogens with zero attached hydrogens (tertiary/aromatic N) is 2. The zero-order valence-electron chi connectivity index (χ0n) is 15.4. The SMILES string of the molecule is O=C(CN1C(=O)c2ccccc2C1=O)Nc1cccc(CN2CCOCC2)c1. The molecule has 0 radical (unpaired) electrons. The van der Waals surface area contributed by atoms with Gasteiger partial charge in [0.15, 0.2) is 0 Å². The minimum atomic E-state index is -0.434. The molecular weight excluding hydrogens is 358 g/mol. The van der Waals surface area contributed by atoms with Gasteiger partial charge in [0.25, 0.3) is 11.8 Å². The van der Waals surface area contributed by atoms with Crippen molar-refractivity contribution in [2.45, 2.75) is 6.54 Å². The highest BCUT2D eigenvalue weighted by atomic mass is 16.5. The molecule has 1 saturated heterocycles. The molecule has 0 atom stereocenters. The number of fused-ring (bicyclic) bond motifs is 1. The lowest BCUT2D eigenvalue weighted by molar-refractivity contribution is -0.116. The van der Waals surface area contributed by atoms with Crippen LogP contribution in [0.5, 0.6) is 0 Å². The quantitative estimate of drug-likeness (QED) is 0.801. The summed E-state index contributed by atoms with van der Waals surface area (Å²) in [6, 6.07) is 14.2. The van der Waals surface area contributed by atoms with Gasteiger partial charge in [-0.15, -0.1) is 0 Å². The molecule has 7 heteroatoms. The topological polar surface area (TPSA) is 79.0 Å². The lowest BCUT2D eigenvalue weighted by atomic mass is 10.1. The molecule has 0 saturated carbocycles. The van der Waals surface area contributed by atoms with Gasteiger partial charge in [-0.05, 0) is 29.8 Å². The Bertz CT molecular complexity index is 886. The second kappa shape index (κ2) is 7.92. The maximum absolute atomic E-state index is 12.4. The summed E-state index contributed by atoms with van der Waals surface area (Å²) >= 11 is 0. The van der Waals surface area contributed by atoms with Crippen LogP contribution < -0.4 is 5.32 Å². The highest BCUT2D eigenvalue weighted by Crippen LogP contribution is 2.22. The van der Waals surface area contributed by atoms with Crippen LogP contribution in [-0.2, 0) is 16.1 Å². The van der Waals surface area contributed by atoms with Crippen molar-refractivity contribution in [2.75, 3.05) is 38.2 Å². The molecule has 7 nitrogen and oxygen atoms in total. The second-order valence-corrected chi connectivity index (χ2v) is 6.88. The summed E-state index contributed by atoms with van der Waals surface area (Å²) in [5, 5.41) is 2.79. The van der Waals surface area contributed by atoms with Gasteiger partial charge in [-0.3, -0.25) is 24.2 Å². The maximum Gasteiger partial charge on any atom is 0.262 e. The van der Waals surface area contributed by atoms with E-state index in [9.17, 15) is 14.4 Å². The number of hydrogen-bond donors (Lipinski definition) is 1. The first-order valence-corrected chi connectivity index (χ1v) is 9.26. The van der Waals surface area contributed by atoms with Gasteiger partial charge in [-0.2, -0.15) is 0 Å². The van der Waals surface area contributed by atoms with Crippen molar-refractivity contribution in [1.82, 2.24) is 9.80 Å². The molecule has 0 bridgehead atoms. The number of benzene rings is 2. The number of ether oxygens (including phenoxy) is 1. The highest BCUT2D eigenvalue weighted by Gasteiger charge is 2.36. The molecule has 0 aromatic heterocycles. The third kappa shape index (κ3) is 3.81. The average Bonchev–Trinajstić information content (AvgIpc) is 2.94. The number of nitrogens with one attached hydrogen (secondary N) is 1. The zero-order valence-corrected chi connectivity index (χ0v) is 15.4. The normalized spacial score (nSPS) is 16.9. The molecule has 0 aliphatic carbocycles. The Hall–Kier alpha value is -3.03. The largest absolute Gasteiger partial charge is 0.379 e. The molecular formula is C21H21N3O4. The van der Waals surface area contributed by atoms with Gasteiger partial charge >= 0.3 is 0 Å². The van der Waals surface area contributed by atoms with Crippen LogP contribution >= 0.6 is 0 Å². The Morgan fingerprint density at radius 2 is 1.64 bits per heavy atom. The van der Waals surface area contributed by atoms with Crippen LogP contribution in [0.2, 0.25) is 0 Å². The molecule has 28 heavy (non-hydrogen) atoms. The molecule has 2 heterocycles. The summed E-state index contributed by atoms with van der Waals surface area (Å²) in [6.07, 6.45) is 0. The molecule has 1 N–H and O–H groups in total. The van der Waals surface area contributed by atoms with Crippen molar-refractivity contribution >= 4 is 23.4 Å². The zero-order chi connectivity index (χ0) is 19.5. The van der Waals surface area contributed by atoms with Crippen LogP contribution in [-0.4, -0.2) is 60.4 Å². The third-order valence-corrected chi connectivity index (χ3v) is 4.90. The van der Waals surface area contributed by atoms with Gasteiger partial charge in [0.05, 0.1) is 24.3 Å². The summed E-state index contributed by atoms with van der Waals surface area (Å²) in [6.45, 7) is 3.71. The molecule has 2 aliphatic heterocycles. The molecule has 2 aromatic rings. The van der Waals surface area contributed by atoms with Crippen LogP contribution in [0, 0.1) is 0 Å². The summed E-state index contributed by atoms with van der Waals surface area (Å²) in [5.41, 5.74) is 2.41. The minimum absolute atomic E-state index is 0.306. The number of rotatable bonds is 5. The van der Waals surface area contributed by atoms with E-state index >= 15 is 0 Å². The van der Waals surface area contributed by atoms with Crippen LogP contribution in [0.4, 0.5) is 5.69 Å². The van der Waals surface area contributed by atoms with E-state index in [2.05, 4.69) is 10.2 Å². The first-order valence-electron chi connectivity index (χ1n) is 9.26. The molecule has 2 aromatic carbocycles. The molecule has 3 amide bonds. The van der Waals surface area contributed by atoms with Gasteiger partial charge in [-0.25, -0.2) is 0 Å². The van der Waals surface area contributed by atoms with Crippen molar-refractivity contribution in [3.05, 3.63) is 65.2 Å². The van der Waals surface area contributed by atoms with Crippen LogP contribution in [0.3, 0.4) is 0 Å². The van der Waals surface area contributed by atoms with Crippen molar-refractivity contribution in [1.29, 1.82) is 0 Å². The Morgan fingerprint density at radius 1 is 0.964 bits per heavy atom. The van der Waals surface area contributed by atoms with Crippen molar-refractivity contribution < 1.29 is 19.1 Å². The van der Waals surface area contributed by atoms with E-state index in [0.717, 1.165) is 43.3 Å². The van der Waals surface area contributed by atoms with E-state index in [1.165, 1.54) is 0 Å². The summed E-state index contributed by atoms with van der Waals surface area (Å²) in [7, 11) is 0. The Labute approximate surface area is 162 Å². The number of anilines is 1. The van der Waals surface area contributed by atoms with Crippen LogP contribution in [0.15, 0.2) is 48.5 Å². The molecule has 1 fully saturated rings. The Morgan fingerprint density at radius 3 is 2.32 bits per heavy atom. The summed E-state index contributed by atoms with van der Waals surface area (Å²) in [5.74, 6) is -1.27. The standard InChI is InChI=1S/C21H21N3O4/c25-19(14-24-20(26)17-6-1-2-7-18(17)21(24)27)22-16-5-3-4-15(12-16)13-23-8-10-28-11-9-23/h1-7,12H,8-11,13-14H2,(H,22,25). The number of carbonyl (C=O) groups is 3. The lowest BCUT2D eigenvalue weighted by Crippen LogP contribution is -2.37. The van der Waals surface area contributed by atoms with Crippen molar-refractivity contribution in [2.24, 2.45) is 0 Å². The van der Waals surface area contributed by atoms with E-state index in [1.54, 1.807) is 30.3 Å². The maximum atomic E-state index is 12.4. The van der Waals surface area contributed by atoms with E-state index < -0.39 is 17.7 Å². The lowest BCUT2D eigenvalue weighted by Gasteiger charge is -2.26. The monoisotopic (exact) mass is 379 g/mol. The van der Waals surface area contributed by atoms with Gasteiger partial charge in [0.2, 0.25) is 5.91 Å². The van der Waals surface area contributed by atoms with Gasteiger partial charge in [0, 0.05) is 25.3 Å². The second-order valence-electron chi connectivity index (χ2n) is 6.88. The first kappa shape index (κ1) is 18.3. The number of hydrogen-bond acceptors (Lipinski definition) is 5. The van der Waals surface area contributed by atoms with E-state index in [1.807, 2.05) is 18.2 Å². The van der Waals surface area contributed by atoms with Gasteiger partial charge in [0.1, 0.15) is 6.54 Å². The molecule has 2 aliphatic rings. The van der Waals surface area contributed by atoms with Gasteiger partial charge in [-0.1, -0.05) is 24.3 Å². The van der Waals surface area contributed by atoms with Crippen molar-refractivity contribution in [3.8, 4) is 0 Å². The fourth-order valence-electron chi connectivity index (χ4n) is 3.49. The smallest absolute Gasteiger partial charge is 0.262 e. The summed E-state index contributed by atoms with van der Waals surface area (Å²) < 4.78 is 5.36. The van der Waals surface area contributed by atoms with E-state index in [0.29, 0.717) is 16.8 Å². The number of amides is 3. The highest BCUT2D eigenvalue weighted by molar-refractivity contribution is 6.22. The first-order chi connectivity index (χ1) is 13.6. The molecule has 0 spiro atoms. The Kier molecular flexibility index (Phi) is 5.18. The van der Waals surface area contributed by atoms with Gasteiger partial charge < -0.3 is 10.1 Å². The molecule has 4 rings (SSSR count). The number of imide groups is 1. The average molecular weight is 379 g/mol. The van der Waals surface area contributed by atoms with Crippen LogP contribution in [0.1, 0.15) is 26.3 Å². The van der Waals surface area contributed by atoms with Crippen molar-refractivity contribution in [3.63, 3.8) is 0 Å². The predicted molar refractivity (Wildman–Crippen MR) is 103 cm³/mol. The molecule has 0 unspecified atom stereocenters. The van der Waals surface area contributed by atoms with E-state index in [-0.39, 0.29) is 6.54 Å². The molecule has 144 valence electrons. The number of carbonyl (C=O) groups excluding carboxylic acids is 3. The minimum Gasteiger partial charge on any atom is -0.379 e. The van der Waals surface area contributed by atoms with E-state index in [4.69, 9.17) is 4.74 Å². The fraction of sp³-hybridized carbons (Fsp3) is 0.286. The number of morpholine rings is 1. The fourth-order valence-corrected chi connectivity index (χ4v) is 3.49. The Balaban J connectivity index is 1.38. The predicted octanol–water partition coefficient (Wildman–Crippen LogP) is 1.75. The van der Waals surface area contributed by atoms with Crippen LogP contribution in [0.25, 0.3) is 0 Å².